The molecule has 1 N–H and O–H groups in total. The van der Waals surface area contributed by atoms with Gasteiger partial charge in [-0.1, -0.05) is 12.1 Å². The van der Waals surface area contributed by atoms with E-state index in [0.717, 1.165) is 18.2 Å². The van der Waals surface area contributed by atoms with Gasteiger partial charge in [0.25, 0.3) is 5.69 Å². The summed E-state index contributed by atoms with van der Waals surface area (Å²) < 4.78 is 37.5. The van der Waals surface area contributed by atoms with Gasteiger partial charge in [0.05, 0.1) is 16.9 Å². The number of hydrogen-bond donors (Lipinski definition) is 1. The predicted molar refractivity (Wildman–Crippen MR) is 72.7 cm³/mol. The minimum atomic E-state index is -4.48. The number of rotatable bonds is 4. The topological polar surface area (TPSA) is 93.3 Å². The molecule has 0 bridgehead atoms. The fourth-order valence-electron chi connectivity index (χ4n) is 1.93. The van der Waals surface area contributed by atoms with Crippen LogP contribution >= 0.6 is 0 Å². The third kappa shape index (κ3) is 3.82. The SMILES string of the molecule is O=C(O)Cc1ncc(-c2ccc(C(F)(F)F)cc2)cc1[N+](=O)[O-]. The summed E-state index contributed by atoms with van der Waals surface area (Å²) in [5.41, 5.74) is -1.04. The molecule has 0 amide bonds. The second-order valence-electron chi connectivity index (χ2n) is 4.59. The number of carbonyl (C=O) groups is 1. The number of nitro groups is 1. The van der Waals surface area contributed by atoms with Crippen molar-refractivity contribution in [2.45, 2.75) is 12.6 Å². The van der Waals surface area contributed by atoms with Crippen LogP contribution in [0.5, 0.6) is 0 Å². The monoisotopic (exact) mass is 326 g/mol. The zero-order chi connectivity index (χ0) is 17.2. The van der Waals surface area contributed by atoms with Crippen LogP contribution in [0.3, 0.4) is 0 Å². The number of alkyl halides is 3. The summed E-state index contributed by atoms with van der Waals surface area (Å²) in [7, 11) is 0. The average molecular weight is 326 g/mol. The summed E-state index contributed by atoms with van der Waals surface area (Å²) in [6, 6.07) is 5.13. The highest BCUT2D eigenvalue weighted by Crippen LogP contribution is 2.32. The Labute approximate surface area is 127 Å². The molecule has 23 heavy (non-hydrogen) atoms. The summed E-state index contributed by atoms with van der Waals surface area (Å²) in [6.07, 6.45) is -3.91. The zero-order valence-corrected chi connectivity index (χ0v) is 11.4. The van der Waals surface area contributed by atoms with E-state index in [1.54, 1.807) is 0 Å². The minimum absolute atomic E-state index is 0.222. The van der Waals surface area contributed by atoms with Crippen LogP contribution in [0.15, 0.2) is 36.5 Å². The summed E-state index contributed by atoms with van der Waals surface area (Å²) >= 11 is 0. The second-order valence-corrected chi connectivity index (χ2v) is 4.59. The van der Waals surface area contributed by atoms with Crippen LogP contribution in [0.2, 0.25) is 0 Å². The largest absolute Gasteiger partial charge is 0.481 e. The number of aromatic nitrogens is 1. The molecule has 1 aromatic carbocycles. The fraction of sp³-hybridized carbons (Fsp3) is 0.143. The highest BCUT2D eigenvalue weighted by Gasteiger charge is 2.30. The first-order chi connectivity index (χ1) is 10.7. The molecule has 2 rings (SSSR count). The first-order valence-electron chi connectivity index (χ1n) is 6.21. The van der Waals surface area contributed by atoms with Gasteiger partial charge in [-0.2, -0.15) is 13.2 Å². The smallest absolute Gasteiger partial charge is 0.416 e. The van der Waals surface area contributed by atoms with Crippen molar-refractivity contribution in [1.82, 2.24) is 4.98 Å². The first kappa shape index (κ1) is 16.4. The number of benzene rings is 1. The van der Waals surface area contributed by atoms with Crippen molar-refractivity contribution < 1.29 is 28.0 Å². The Balaban J connectivity index is 2.42. The van der Waals surface area contributed by atoms with Crippen LogP contribution in [-0.2, 0) is 17.4 Å². The van der Waals surface area contributed by atoms with Crippen LogP contribution in [0.4, 0.5) is 18.9 Å². The maximum Gasteiger partial charge on any atom is 0.416 e. The molecule has 1 aromatic heterocycles. The molecule has 0 aliphatic rings. The Morgan fingerprint density at radius 2 is 1.83 bits per heavy atom. The van der Waals surface area contributed by atoms with Gasteiger partial charge in [0, 0.05) is 17.8 Å². The summed E-state index contributed by atoms with van der Waals surface area (Å²) in [5, 5.41) is 19.7. The van der Waals surface area contributed by atoms with Gasteiger partial charge in [0.15, 0.2) is 0 Å². The number of carboxylic acids is 1. The lowest BCUT2D eigenvalue weighted by Crippen LogP contribution is -2.06. The van der Waals surface area contributed by atoms with Crippen molar-refractivity contribution >= 4 is 11.7 Å². The van der Waals surface area contributed by atoms with Crippen molar-refractivity contribution in [3.05, 3.63) is 57.9 Å². The maximum atomic E-state index is 12.5. The maximum absolute atomic E-state index is 12.5. The molecule has 0 unspecified atom stereocenters. The van der Waals surface area contributed by atoms with Crippen molar-refractivity contribution in [3.63, 3.8) is 0 Å². The van der Waals surface area contributed by atoms with Crippen LogP contribution in [0, 0.1) is 10.1 Å². The number of halogens is 3. The third-order valence-electron chi connectivity index (χ3n) is 3.01. The van der Waals surface area contributed by atoms with Gasteiger partial charge in [0.1, 0.15) is 5.69 Å². The molecular formula is C14H9F3N2O4. The van der Waals surface area contributed by atoms with E-state index < -0.39 is 34.7 Å². The number of nitrogens with zero attached hydrogens (tertiary/aromatic N) is 2. The molecular weight excluding hydrogens is 317 g/mol. The summed E-state index contributed by atoms with van der Waals surface area (Å²) in [4.78, 5) is 24.6. The van der Waals surface area contributed by atoms with E-state index in [0.29, 0.717) is 5.56 Å². The Morgan fingerprint density at radius 3 is 2.30 bits per heavy atom. The van der Waals surface area contributed by atoms with E-state index in [-0.39, 0.29) is 11.3 Å². The first-order valence-corrected chi connectivity index (χ1v) is 6.21. The Bertz CT molecular complexity index is 758. The lowest BCUT2D eigenvalue weighted by atomic mass is 10.0. The average Bonchev–Trinajstić information content (AvgIpc) is 2.46. The van der Waals surface area contributed by atoms with Gasteiger partial charge in [-0.3, -0.25) is 19.9 Å². The van der Waals surface area contributed by atoms with Gasteiger partial charge in [-0.25, -0.2) is 0 Å². The van der Waals surface area contributed by atoms with E-state index in [4.69, 9.17) is 5.11 Å². The number of hydrogen-bond acceptors (Lipinski definition) is 4. The Kier molecular flexibility index (Phi) is 4.30. The van der Waals surface area contributed by atoms with E-state index in [1.165, 1.54) is 18.3 Å². The van der Waals surface area contributed by atoms with E-state index in [9.17, 15) is 28.1 Å². The molecule has 0 aliphatic heterocycles. The van der Waals surface area contributed by atoms with Crippen LogP contribution in [-0.4, -0.2) is 21.0 Å². The van der Waals surface area contributed by atoms with Gasteiger partial charge in [-0.05, 0) is 17.7 Å². The van der Waals surface area contributed by atoms with Gasteiger partial charge in [-0.15, -0.1) is 0 Å². The molecule has 0 atom stereocenters. The second kappa shape index (κ2) is 6.03. The predicted octanol–water partition coefficient (Wildman–Crippen LogP) is 3.30. The minimum Gasteiger partial charge on any atom is -0.481 e. The van der Waals surface area contributed by atoms with Crippen LogP contribution in [0.25, 0.3) is 11.1 Å². The lowest BCUT2D eigenvalue weighted by molar-refractivity contribution is -0.385. The molecule has 0 radical (unpaired) electrons. The standard InChI is InChI=1S/C14H9F3N2O4/c15-14(16,17)10-3-1-8(2-4-10)9-5-12(19(22)23)11(18-7-9)6-13(20)21/h1-5,7H,6H2,(H,20,21). The highest BCUT2D eigenvalue weighted by atomic mass is 19.4. The van der Waals surface area contributed by atoms with Crippen molar-refractivity contribution in [2.24, 2.45) is 0 Å². The summed E-state index contributed by atoms with van der Waals surface area (Å²) in [5.74, 6) is -1.28. The summed E-state index contributed by atoms with van der Waals surface area (Å²) in [6.45, 7) is 0. The molecule has 0 saturated heterocycles. The fourth-order valence-corrected chi connectivity index (χ4v) is 1.93. The molecule has 9 heteroatoms. The molecule has 0 saturated carbocycles. The van der Waals surface area contributed by atoms with Crippen LogP contribution in [0.1, 0.15) is 11.3 Å². The zero-order valence-electron chi connectivity index (χ0n) is 11.4. The van der Waals surface area contributed by atoms with E-state index >= 15 is 0 Å². The molecule has 120 valence electrons. The van der Waals surface area contributed by atoms with Gasteiger partial charge in [0.2, 0.25) is 0 Å². The molecule has 1 heterocycles. The van der Waals surface area contributed by atoms with E-state index in [2.05, 4.69) is 4.98 Å². The van der Waals surface area contributed by atoms with Crippen molar-refractivity contribution in [1.29, 1.82) is 0 Å². The number of aliphatic carboxylic acids is 1. The van der Waals surface area contributed by atoms with Gasteiger partial charge < -0.3 is 5.11 Å². The molecule has 0 aliphatic carbocycles. The third-order valence-corrected chi connectivity index (χ3v) is 3.01. The van der Waals surface area contributed by atoms with Crippen molar-refractivity contribution in [3.8, 4) is 11.1 Å². The Hall–Kier alpha value is -2.97. The number of pyridine rings is 1. The van der Waals surface area contributed by atoms with Crippen LogP contribution < -0.4 is 0 Å². The number of carboxylic acid groups (broad SMARTS) is 1. The quantitative estimate of drug-likeness (QED) is 0.687. The molecule has 2 aromatic rings. The Morgan fingerprint density at radius 1 is 1.22 bits per heavy atom. The molecule has 0 spiro atoms. The molecule has 6 nitrogen and oxygen atoms in total. The van der Waals surface area contributed by atoms with Gasteiger partial charge >= 0.3 is 12.1 Å². The lowest BCUT2D eigenvalue weighted by Gasteiger charge is -2.08. The van der Waals surface area contributed by atoms with Crippen molar-refractivity contribution in [2.75, 3.05) is 0 Å². The normalized spacial score (nSPS) is 11.3. The molecule has 0 fully saturated rings. The highest BCUT2D eigenvalue weighted by molar-refractivity contribution is 5.73. The van der Waals surface area contributed by atoms with E-state index in [1.807, 2.05) is 0 Å².